The fraction of sp³-hybridized carbons (Fsp3) is 0.618. The Morgan fingerprint density at radius 2 is 1.24 bits per heavy atom. The van der Waals surface area contributed by atoms with Crippen molar-refractivity contribution in [3.05, 3.63) is 59.7 Å². The minimum atomic E-state index is -0.332. The molecule has 1 fully saturated rings. The van der Waals surface area contributed by atoms with Crippen LogP contribution in [0.4, 0.5) is 0 Å². The summed E-state index contributed by atoms with van der Waals surface area (Å²) in [7, 11) is 0. The highest BCUT2D eigenvalue weighted by molar-refractivity contribution is 5.91. The zero-order valence-electron chi connectivity index (χ0n) is 23.5. The summed E-state index contributed by atoms with van der Waals surface area (Å²) >= 11 is 0. The first-order valence-electron chi connectivity index (χ1n) is 15.2. The number of benzene rings is 2. The molecule has 0 heterocycles. The standard InChI is InChI=1S/C34H50O3/c1-3-5-7-8-10-13-28-15-17-30(18-16-28)14-11-27-36-32-25-21-31(22-26-32)34(35)37-33-23-19-29(20-24-33)12-9-6-4-2/h19-26,28,30H,3-18,27H2,1-2H3/t28-,30-. The molecule has 3 rings (SSSR count). The molecule has 0 aromatic heterocycles. The van der Waals surface area contributed by atoms with Gasteiger partial charge in [0.2, 0.25) is 0 Å². The maximum Gasteiger partial charge on any atom is 0.343 e. The lowest BCUT2D eigenvalue weighted by atomic mass is 9.78. The van der Waals surface area contributed by atoms with E-state index < -0.39 is 0 Å². The molecule has 0 saturated heterocycles. The molecule has 204 valence electrons. The smallest absolute Gasteiger partial charge is 0.343 e. The highest BCUT2D eigenvalue weighted by Gasteiger charge is 2.20. The number of ether oxygens (including phenoxy) is 2. The van der Waals surface area contributed by atoms with Crippen molar-refractivity contribution in [3.8, 4) is 11.5 Å². The van der Waals surface area contributed by atoms with Crippen molar-refractivity contribution in [3.63, 3.8) is 0 Å². The molecule has 3 heteroatoms. The van der Waals surface area contributed by atoms with Crippen LogP contribution in [-0.4, -0.2) is 12.6 Å². The number of aryl methyl sites for hydroxylation is 1. The average Bonchev–Trinajstić information content (AvgIpc) is 2.93. The van der Waals surface area contributed by atoms with Crippen molar-refractivity contribution < 1.29 is 14.3 Å². The second kappa shape index (κ2) is 17.3. The summed E-state index contributed by atoms with van der Waals surface area (Å²) in [6.45, 7) is 5.24. The van der Waals surface area contributed by atoms with Crippen LogP contribution in [0.25, 0.3) is 0 Å². The Morgan fingerprint density at radius 3 is 1.89 bits per heavy atom. The van der Waals surface area contributed by atoms with Gasteiger partial charge in [-0.1, -0.05) is 103 Å². The van der Waals surface area contributed by atoms with Gasteiger partial charge in [-0.25, -0.2) is 4.79 Å². The van der Waals surface area contributed by atoms with E-state index in [1.165, 1.54) is 95.5 Å². The average molecular weight is 507 g/mol. The van der Waals surface area contributed by atoms with Gasteiger partial charge in [-0.15, -0.1) is 0 Å². The van der Waals surface area contributed by atoms with Gasteiger partial charge in [0, 0.05) is 0 Å². The van der Waals surface area contributed by atoms with E-state index in [1.54, 1.807) is 12.1 Å². The second-order valence-electron chi connectivity index (χ2n) is 11.1. The number of esters is 1. The van der Waals surface area contributed by atoms with Crippen LogP contribution in [-0.2, 0) is 6.42 Å². The lowest BCUT2D eigenvalue weighted by Gasteiger charge is -2.28. The first-order chi connectivity index (χ1) is 18.2. The zero-order chi connectivity index (χ0) is 26.1. The van der Waals surface area contributed by atoms with Crippen LogP contribution in [0.1, 0.15) is 126 Å². The van der Waals surface area contributed by atoms with Gasteiger partial charge in [0.05, 0.1) is 12.2 Å². The molecular weight excluding hydrogens is 456 g/mol. The van der Waals surface area contributed by atoms with Crippen molar-refractivity contribution in [2.75, 3.05) is 6.61 Å². The number of hydrogen-bond donors (Lipinski definition) is 0. The van der Waals surface area contributed by atoms with E-state index >= 15 is 0 Å². The van der Waals surface area contributed by atoms with Gasteiger partial charge in [-0.2, -0.15) is 0 Å². The van der Waals surface area contributed by atoms with E-state index in [0.29, 0.717) is 11.3 Å². The lowest BCUT2D eigenvalue weighted by Crippen LogP contribution is -2.15. The monoisotopic (exact) mass is 506 g/mol. The maximum atomic E-state index is 12.5. The molecule has 0 N–H and O–H groups in total. The molecule has 0 atom stereocenters. The molecule has 0 unspecified atom stereocenters. The highest BCUT2D eigenvalue weighted by Crippen LogP contribution is 2.34. The van der Waals surface area contributed by atoms with Crippen molar-refractivity contribution in [1.82, 2.24) is 0 Å². The second-order valence-corrected chi connectivity index (χ2v) is 11.1. The largest absolute Gasteiger partial charge is 0.494 e. The third-order valence-corrected chi connectivity index (χ3v) is 8.00. The quantitative estimate of drug-likeness (QED) is 0.122. The fourth-order valence-corrected chi connectivity index (χ4v) is 5.56. The molecule has 0 aliphatic heterocycles. The highest BCUT2D eigenvalue weighted by atomic mass is 16.5. The van der Waals surface area contributed by atoms with Gasteiger partial charge in [-0.3, -0.25) is 0 Å². The summed E-state index contributed by atoms with van der Waals surface area (Å²) in [6.07, 6.45) is 21.3. The molecule has 2 aromatic carbocycles. The molecule has 1 aliphatic rings. The van der Waals surface area contributed by atoms with Crippen LogP contribution in [0.3, 0.4) is 0 Å². The molecular formula is C34H50O3. The summed E-state index contributed by atoms with van der Waals surface area (Å²) in [4.78, 5) is 12.5. The predicted octanol–water partition coefficient (Wildman–Crippen LogP) is 9.96. The third kappa shape index (κ3) is 11.3. The van der Waals surface area contributed by atoms with Crippen LogP contribution in [0.5, 0.6) is 11.5 Å². The van der Waals surface area contributed by atoms with Gasteiger partial charge in [0.1, 0.15) is 11.5 Å². The number of hydrogen-bond acceptors (Lipinski definition) is 3. The summed E-state index contributed by atoms with van der Waals surface area (Å²) in [6, 6.07) is 15.2. The molecule has 1 saturated carbocycles. The van der Waals surface area contributed by atoms with E-state index in [1.807, 2.05) is 24.3 Å². The summed E-state index contributed by atoms with van der Waals surface area (Å²) in [5, 5.41) is 0. The maximum absolute atomic E-state index is 12.5. The topological polar surface area (TPSA) is 35.5 Å². The van der Waals surface area contributed by atoms with Crippen LogP contribution >= 0.6 is 0 Å². The summed E-state index contributed by atoms with van der Waals surface area (Å²) in [5.74, 6) is 2.93. The van der Waals surface area contributed by atoms with E-state index in [-0.39, 0.29) is 5.97 Å². The van der Waals surface area contributed by atoms with Crippen molar-refractivity contribution in [2.24, 2.45) is 11.8 Å². The van der Waals surface area contributed by atoms with Gasteiger partial charge in [0.25, 0.3) is 0 Å². The minimum absolute atomic E-state index is 0.332. The SMILES string of the molecule is CCCCCCC[C@H]1CC[C@H](CCCOc2ccc(C(=O)Oc3ccc(CCCCC)cc3)cc2)CC1. The summed E-state index contributed by atoms with van der Waals surface area (Å²) < 4.78 is 11.5. The predicted molar refractivity (Wildman–Crippen MR) is 155 cm³/mol. The Kier molecular flexibility index (Phi) is 13.7. The van der Waals surface area contributed by atoms with Gasteiger partial charge >= 0.3 is 5.97 Å². The van der Waals surface area contributed by atoms with E-state index in [4.69, 9.17) is 9.47 Å². The number of rotatable bonds is 17. The Bertz CT molecular complexity index is 863. The van der Waals surface area contributed by atoms with E-state index in [2.05, 4.69) is 26.0 Å². The molecule has 0 radical (unpaired) electrons. The Balaban J connectivity index is 1.28. The molecule has 3 nitrogen and oxygen atoms in total. The van der Waals surface area contributed by atoms with Crippen molar-refractivity contribution in [2.45, 2.75) is 117 Å². The van der Waals surface area contributed by atoms with Gasteiger partial charge in [-0.05, 0) is 79.5 Å². The number of carbonyl (C=O) groups is 1. The molecule has 1 aliphatic carbocycles. The lowest BCUT2D eigenvalue weighted by molar-refractivity contribution is 0.0734. The Hall–Kier alpha value is -2.29. The first kappa shape index (κ1) is 29.3. The zero-order valence-corrected chi connectivity index (χ0v) is 23.5. The third-order valence-electron chi connectivity index (χ3n) is 8.00. The molecule has 0 spiro atoms. The fourth-order valence-electron chi connectivity index (χ4n) is 5.56. The van der Waals surface area contributed by atoms with Crippen molar-refractivity contribution in [1.29, 1.82) is 0 Å². The van der Waals surface area contributed by atoms with Gasteiger partial charge in [0.15, 0.2) is 0 Å². The normalized spacial score (nSPS) is 17.5. The molecule has 37 heavy (non-hydrogen) atoms. The van der Waals surface area contributed by atoms with Crippen molar-refractivity contribution >= 4 is 5.97 Å². The Morgan fingerprint density at radius 1 is 0.676 bits per heavy atom. The minimum Gasteiger partial charge on any atom is -0.494 e. The number of unbranched alkanes of at least 4 members (excludes halogenated alkanes) is 6. The van der Waals surface area contributed by atoms with Crippen LogP contribution < -0.4 is 9.47 Å². The molecule has 2 aromatic rings. The molecule has 0 bridgehead atoms. The van der Waals surface area contributed by atoms with Gasteiger partial charge < -0.3 is 9.47 Å². The van der Waals surface area contributed by atoms with Crippen LogP contribution in [0, 0.1) is 11.8 Å². The molecule has 0 amide bonds. The van der Waals surface area contributed by atoms with Crippen LogP contribution in [0.15, 0.2) is 48.5 Å². The van der Waals surface area contributed by atoms with Crippen LogP contribution in [0.2, 0.25) is 0 Å². The number of carbonyl (C=O) groups excluding carboxylic acids is 1. The van der Waals surface area contributed by atoms with E-state index in [0.717, 1.165) is 37.0 Å². The Labute approximate surface area is 226 Å². The first-order valence-corrected chi connectivity index (χ1v) is 15.2. The summed E-state index contributed by atoms with van der Waals surface area (Å²) in [5.41, 5.74) is 1.83. The van der Waals surface area contributed by atoms with E-state index in [9.17, 15) is 4.79 Å².